The van der Waals surface area contributed by atoms with Crippen molar-refractivity contribution in [1.82, 2.24) is 5.32 Å². The molecule has 0 spiro atoms. The number of unbranched alkanes of at least 4 members (excludes halogenated alkanes) is 4. The van der Waals surface area contributed by atoms with Crippen molar-refractivity contribution in [3.05, 3.63) is 0 Å². The van der Waals surface area contributed by atoms with E-state index in [1.165, 1.54) is 122 Å². The summed E-state index contributed by atoms with van der Waals surface area (Å²) in [7, 11) is 0. The van der Waals surface area contributed by atoms with Crippen LogP contribution in [0.5, 0.6) is 0 Å². The van der Waals surface area contributed by atoms with Gasteiger partial charge in [-0.2, -0.15) is 0 Å². The predicted molar refractivity (Wildman–Crippen MR) is 126 cm³/mol. The third kappa shape index (κ3) is 9.64. The Morgan fingerprint density at radius 1 is 0.714 bits per heavy atom. The zero-order valence-corrected chi connectivity index (χ0v) is 19.8. The van der Waals surface area contributed by atoms with Crippen molar-refractivity contribution in [1.29, 1.82) is 0 Å². The van der Waals surface area contributed by atoms with Crippen LogP contribution in [0.15, 0.2) is 0 Å². The monoisotopic (exact) mass is 391 g/mol. The van der Waals surface area contributed by atoms with E-state index in [-0.39, 0.29) is 0 Å². The smallest absolute Gasteiger partial charge is 0.00953 e. The van der Waals surface area contributed by atoms with E-state index in [0.29, 0.717) is 0 Å². The molecule has 166 valence electrons. The number of hydrogen-bond acceptors (Lipinski definition) is 1. The first-order valence-electron chi connectivity index (χ1n) is 13.4. The van der Waals surface area contributed by atoms with Crippen LogP contribution >= 0.6 is 0 Å². The molecule has 0 aromatic heterocycles. The van der Waals surface area contributed by atoms with Crippen molar-refractivity contribution in [3.63, 3.8) is 0 Å². The molecule has 1 saturated heterocycles. The van der Waals surface area contributed by atoms with Gasteiger partial charge in [0.1, 0.15) is 0 Å². The molecule has 0 radical (unpaired) electrons. The third-order valence-corrected chi connectivity index (χ3v) is 8.34. The largest absolute Gasteiger partial charge is 0.314 e. The van der Waals surface area contributed by atoms with Crippen LogP contribution in [0.1, 0.15) is 136 Å². The summed E-state index contributed by atoms with van der Waals surface area (Å²) in [5.41, 5.74) is 0. The Labute approximate surface area is 178 Å². The van der Waals surface area contributed by atoms with Gasteiger partial charge >= 0.3 is 0 Å². The highest BCUT2D eigenvalue weighted by atomic mass is 14.9. The fourth-order valence-corrected chi connectivity index (χ4v) is 5.86. The minimum atomic E-state index is 0.838. The van der Waals surface area contributed by atoms with Crippen molar-refractivity contribution < 1.29 is 0 Å². The molecular weight excluding hydrogens is 338 g/mol. The lowest BCUT2D eigenvalue weighted by Gasteiger charge is -2.37. The van der Waals surface area contributed by atoms with Crippen LogP contribution in [0.4, 0.5) is 0 Å². The van der Waals surface area contributed by atoms with Crippen molar-refractivity contribution in [2.75, 3.05) is 6.54 Å². The summed E-state index contributed by atoms with van der Waals surface area (Å²) in [5.74, 6) is 3.91. The van der Waals surface area contributed by atoms with Gasteiger partial charge in [0.05, 0.1) is 0 Å². The average Bonchev–Trinajstić information content (AvgIpc) is 2.86. The van der Waals surface area contributed by atoms with Gasteiger partial charge in [-0.15, -0.1) is 0 Å². The molecule has 1 aliphatic heterocycles. The molecule has 2 aliphatic rings. The number of hydrogen-bond donors (Lipinski definition) is 1. The van der Waals surface area contributed by atoms with Crippen molar-refractivity contribution in [3.8, 4) is 0 Å². The molecule has 0 aromatic carbocycles. The Hall–Kier alpha value is -0.0400. The van der Waals surface area contributed by atoms with Crippen LogP contribution in [0, 0.1) is 23.7 Å². The molecule has 1 nitrogen and oxygen atoms in total. The van der Waals surface area contributed by atoms with E-state index in [4.69, 9.17) is 0 Å². The second-order valence-corrected chi connectivity index (χ2v) is 10.6. The van der Waals surface area contributed by atoms with Crippen LogP contribution in [0.3, 0.4) is 0 Å². The highest BCUT2D eigenvalue weighted by molar-refractivity contribution is 4.84. The van der Waals surface area contributed by atoms with Gasteiger partial charge in [0.2, 0.25) is 0 Å². The van der Waals surface area contributed by atoms with E-state index in [0.717, 1.165) is 29.7 Å². The first kappa shape index (κ1) is 24.2. The summed E-state index contributed by atoms with van der Waals surface area (Å²) in [5, 5.41) is 3.94. The van der Waals surface area contributed by atoms with Crippen molar-refractivity contribution in [2.24, 2.45) is 23.7 Å². The zero-order valence-electron chi connectivity index (χ0n) is 19.8. The molecule has 1 saturated carbocycles. The molecule has 1 N–H and O–H groups in total. The van der Waals surface area contributed by atoms with Crippen molar-refractivity contribution in [2.45, 2.75) is 142 Å². The molecule has 1 aliphatic carbocycles. The SMILES string of the molecule is CC[C@@H](C)CCCCCCCC(C)C1CCC(C2CCCCCCCN2)CC1. The fraction of sp³-hybridized carbons (Fsp3) is 1.00. The van der Waals surface area contributed by atoms with Crippen LogP contribution < -0.4 is 5.32 Å². The van der Waals surface area contributed by atoms with E-state index < -0.39 is 0 Å². The molecule has 2 rings (SSSR count). The average molecular weight is 392 g/mol. The first-order valence-corrected chi connectivity index (χ1v) is 13.4. The maximum atomic E-state index is 3.94. The molecule has 0 aromatic rings. The lowest BCUT2D eigenvalue weighted by Crippen LogP contribution is -2.39. The lowest BCUT2D eigenvalue weighted by atomic mass is 9.72. The van der Waals surface area contributed by atoms with Crippen LogP contribution in [0.25, 0.3) is 0 Å². The van der Waals surface area contributed by atoms with Gasteiger partial charge < -0.3 is 5.32 Å². The predicted octanol–water partition coefficient (Wildman–Crippen LogP) is 8.52. The van der Waals surface area contributed by atoms with Gasteiger partial charge in [0.25, 0.3) is 0 Å². The van der Waals surface area contributed by atoms with E-state index in [1.54, 1.807) is 0 Å². The van der Waals surface area contributed by atoms with E-state index in [1.807, 2.05) is 0 Å². The van der Waals surface area contributed by atoms with Gasteiger partial charge in [0, 0.05) is 6.04 Å². The molecular formula is C27H53N. The highest BCUT2D eigenvalue weighted by Gasteiger charge is 2.29. The summed E-state index contributed by atoms with van der Waals surface area (Å²) in [6.07, 6.45) is 26.4. The van der Waals surface area contributed by atoms with E-state index in [9.17, 15) is 0 Å². The summed E-state index contributed by atoms with van der Waals surface area (Å²) in [6.45, 7) is 8.57. The molecule has 0 amide bonds. The van der Waals surface area contributed by atoms with Crippen molar-refractivity contribution >= 4 is 0 Å². The fourth-order valence-electron chi connectivity index (χ4n) is 5.86. The summed E-state index contributed by atoms with van der Waals surface area (Å²) >= 11 is 0. The highest BCUT2D eigenvalue weighted by Crippen LogP contribution is 2.37. The molecule has 3 atom stereocenters. The van der Waals surface area contributed by atoms with Crippen LogP contribution in [-0.4, -0.2) is 12.6 Å². The van der Waals surface area contributed by atoms with Crippen LogP contribution in [0.2, 0.25) is 0 Å². The molecule has 1 heterocycles. The Morgan fingerprint density at radius 3 is 2.11 bits per heavy atom. The maximum absolute atomic E-state index is 3.94. The van der Waals surface area contributed by atoms with Gasteiger partial charge in [-0.05, 0) is 68.7 Å². The quantitative estimate of drug-likeness (QED) is 0.348. The molecule has 2 unspecified atom stereocenters. The number of rotatable bonds is 11. The summed E-state index contributed by atoms with van der Waals surface area (Å²) < 4.78 is 0. The minimum absolute atomic E-state index is 0.838. The summed E-state index contributed by atoms with van der Waals surface area (Å²) in [4.78, 5) is 0. The third-order valence-electron chi connectivity index (χ3n) is 8.34. The second kappa shape index (κ2) is 14.9. The number of nitrogens with one attached hydrogen (secondary N) is 1. The second-order valence-electron chi connectivity index (χ2n) is 10.6. The normalized spacial score (nSPS) is 29.5. The Bertz CT molecular complexity index is 347. The first-order chi connectivity index (χ1) is 13.7. The minimum Gasteiger partial charge on any atom is -0.314 e. The van der Waals surface area contributed by atoms with Gasteiger partial charge in [-0.25, -0.2) is 0 Å². The Balaban J connectivity index is 1.54. The van der Waals surface area contributed by atoms with Gasteiger partial charge in [-0.3, -0.25) is 0 Å². The molecule has 28 heavy (non-hydrogen) atoms. The lowest BCUT2D eigenvalue weighted by molar-refractivity contribution is 0.170. The van der Waals surface area contributed by atoms with E-state index >= 15 is 0 Å². The molecule has 1 heteroatoms. The zero-order chi connectivity index (χ0) is 20.0. The van der Waals surface area contributed by atoms with E-state index in [2.05, 4.69) is 26.1 Å². The topological polar surface area (TPSA) is 12.0 Å². The van der Waals surface area contributed by atoms with Gasteiger partial charge in [0.15, 0.2) is 0 Å². The van der Waals surface area contributed by atoms with Gasteiger partial charge in [-0.1, -0.05) is 97.8 Å². The van der Waals surface area contributed by atoms with Crippen LogP contribution in [-0.2, 0) is 0 Å². The Morgan fingerprint density at radius 2 is 1.36 bits per heavy atom. The molecule has 0 bridgehead atoms. The maximum Gasteiger partial charge on any atom is 0.00953 e. The standard InChI is InChI=1S/C27H53N/c1-4-23(2)15-11-7-5-8-12-16-24(3)25-18-20-26(21-19-25)27-17-13-9-6-10-14-22-28-27/h23-28H,4-22H2,1-3H3/t23-,24?,25?,26?,27?/m1/s1. The molecule has 2 fully saturated rings. The summed E-state index contributed by atoms with van der Waals surface area (Å²) in [6, 6.07) is 0.838. The Kier molecular flexibility index (Phi) is 12.9.